The molecule has 0 atom stereocenters. The highest BCUT2D eigenvalue weighted by Gasteiger charge is 2.18. The summed E-state index contributed by atoms with van der Waals surface area (Å²) in [6.07, 6.45) is 0.646. The number of hydrogen-bond acceptors (Lipinski definition) is 5. The largest absolute Gasteiger partial charge is 0.497 e. The molecule has 1 N–H and O–H groups in total. The first-order valence-electron chi connectivity index (χ1n) is 11.3. The van der Waals surface area contributed by atoms with Crippen molar-refractivity contribution in [2.45, 2.75) is 13.3 Å². The smallest absolute Gasteiger partial charge is 0.270 e. The second kappa shape index (κ2) is 10.8. The minimum absolute atomic E-state index is 0.200. The van der Waals surface area contributed by atoms with E-state index in [1.807, 2.05) is 79.7 Å². The van der Waals surface area contributed by atoms with E-state index in [0.717, 1.165) is 28.1 Å². The van der Waals surface area contributed by atoms with Gasteiger partial charge in [-0.05, 0) is 66.9 Å². The summed E-state index contributed by atoms with van der Waals surface area (Å²) in [4.78, 5) is 13.3. The van der Waals surface area contributed by atoms with Gasteiger partial charge in [0.2, 0.25) is 0 Å². The topological polar surface area (TPSA) is 74.6 Å². The predicted molar refractivity (Wildman–Crippen MR) is 136 cm³/mol. The van der Waals surface area contributed by atoms with Crippen LogP contribution < -0.4 is 19.5 Å². The Hall–Kier alpha value is -4.26. The lowest BCUT2D eigenvalue weighted by Gasteiger charge is -2.11. The van der Waals surface area contributed by atoms with E-state index in [0.29, 0.717) is 35.9 Å². The maximum absolute atomic E-state index is 13.3. The zero-order valence-electron chi connectivity index (χ0n) is 20.4. The van der Waals surface area contributed by atoms with E-state index < -0.39 is 0 Å². The van der Waals surface area contributed by atoms with Crippen molar-refractivity contribution >= 4 is 5.91 Å². The summed E-state index contributed by atoms with van der Waals surface area (Å²) in [5.74, 6) is 1.87. The summed E-state index contributed by atoms with van der Waals surface area (Å²) in [5, 5.41) is 7.80. The van der Waals surface area contributed by atoms with Crippen molar-refractivity contribution in [3.05, 3.63) is 89.6 Å². The maximum atomic E-state index is 13.3. The van der Waals surface area contributed by atoms with Crippen LogP contribution in [0.1, 0.15) is 21.6 Å². The summed E-state index contributed by atoms with van der Waals surface area (Å²) < 4.78 is 17.7. The third kappa shape index (κ3) is 5.46. The highest BCUT2D eigenvalue weighted by atomic mass is 16.5. The molecule has 7 heteroatoms. The Kier molecular flexibility index (Phi) is 7.35. The van der Waals surface area contributed by atoms with Gasteiger partial charge in [-0.15, -0.1) is 0 Å². The van der Waals surface area contributed by atoms with Gasteiger partial charge in [0.15, 0.2) is 11.5 Å². The average molecular weight is 472 g/mol. The van der Waals surface area contributed by atoms with Gasteiger partial charge in [-0.1, -0.05) is 30.3 Å². The van der Waals surface area contributed by atoms with Gasteiger partial charge in [0, 0.05) is 12.1 Å². The van der Waals surface area contributed by atoms with E-state index in [4.69, 9.17) is 19.3 Å². The molecule has 0 aliphatic carbocycles. The molecule has 0 saturated heterocycles. The van der Waals surface area contributed by atoms with Gasteiger partial charge in [-0.3, -0.25) is 4.79 Å². The molecule has 1 heterocycles. The molecule has 0 radical (unpaired) electrons. The maximum Gasteiger partial charge on any atom is 0.270 e. The van der Waals surface area contributed by atoms with Crippen molar-refractivity contribution in [3.63, 3.8) is 0 Å². The third-order valence-corrected chi connectivity index (χ3v) is 5.70. The molecule has 7 nitrogen and oxygen atoms in total. The summed E-state index contributed by atoms with van der Waals surface area (Å²) in [6, 6.07) is 23.1. The molecular weight excluding hydrogens is 442 g/mol. The molecule has 0 aliphatic rings. The quantitative estimate of drug-likeness (QED) is 0.378. The Balaban J connectivity index is 1.58. The number of aryl methyl sites for hydroxylation is 1. The van der Waals surface area contributed by atoms with Crippen molar-refractivity contribution < 1.29 is 19.0 Å². The summed E-state index contributed by atoms with van der Waals surface area (Å²) in [6.45, 7) is 2.47. The molecule has 3 aromatic carbocycles. The number of carbonyl (C=O) groups excluding carboxylic acids is 1. The van der Waals surface area contributed by atoms with Crippen LogP contribution in [0.4, 0.5) is 0 Å². The van der Waals surface area contributed by atoms with Crippen LogP contribution in [0.5, 0.6) is 17.2 Å². The Morgan fingerprint density at radius 1 is 0.886 bits per heavy atom. The number of methoxy groups -OCH3 is 3. The molecule has 0 aliphatic heterocycles. The van der Waals surface area contributed by atoms with Crippen molar-refractivity contribution in [2.24, 2.45) is 0 Å². The molecule has 0 unspecified atom stereocenters. The van der Waals surface area contributed by atoms with Crippen molar-refractivity contribution in [3.8, 4) is 34.2 Å². The molecule has 0 saturated carbocycles. The minimum atomic E-state index is -0.200. The number of nitrogens with zero attached hydrogens (tertiary/aromatic N) is 2. The Morgan fingerprint density at radius 3 is 2.43 bits per heavy atom. The van der Waals surface area contributed by atoms with Crippen LogP contribution in [-0.2, 0) is 6.42 Å². The van der Waals surface area contributed by atoms with E-state index in [-0.39, 0.29) is 5.91 Å². The van der Waals surface area contributed by atoms with Gasteiger partial charge >= 0.3 is 0 Å². The zero-order chi connectivity index (χ0) is 24.8. The fourth-order valence-corrected chi connectivity index (χ4v) is 3.87. The van der Waals surface area contributed by atoms with Crippen LogP contribution in [-0.4, -0.2) is 43.6 Å². The number of aromatic nitrogens is 2. The van der Waals surface area contributed by atoms with Gasteiger partial charge in [-0.2, -0.15) is 5.10 Å². The molecule has 0 spiro atoms. The van der Waals surface area contributed by atoms with E-state index in [9.17, 15) is 4.79 Å². The summed E-state index contributed by atoms with van der Waals surface area (Å²) in [7, 11) is 4.84. The summed E-state index contributed by atoms with van der Waals surface area (Å²) in [5.41, 5.74) is 4.96. The number of carbonyl (C=O) groups is 1. The first-order chi connectivity index (χ1) is 17.0. The average Bonchev–Trinajstić information content (AvgIpc) is 3.34. The molecule has 1 aromatic heterocycles. The van der Waals surface area contributed by atoms with Crippen LogP contribution in [0.15, 0.2) is 72.8 Å². The number of benzene rings is 3. The van der Waals surface area contributed by atoms with E-state index >= 15 is 0 Å². The number of rotatable bonds is 9. The highest BCUT2D eigenvalue weighted by Crippen LogP contribution is 2.28. The minimum Gasteiger partial charge on any atom is -0.497 e. The van der Waals surface area contributed by atoms with E-state index in [1.165, 1.54) is 0 Å². The van der Waals surface area contributed by atoms with Gasteiger partial charge < -0.3 is 19.5 Å². The van der Waals surface area contributed by atoms with Crippen molar-refractivity contribution in [2.75, 3.05) is 27.9 Å². The molecular formula is C28H29N3O4. The normalized spacial score (nSPS) is 10.6. The van der Waals surface area contributed by atoms with Crippen molar-refractivity contribution in [1.29, 1.82) is 0 Å². The van der Waals surface area contributed by atoms with Crippen LogP contribution in [0.3, 0.4) is 0 Å². The molecule has 4 aromatic rings. The second-order valence-electron chi connectivity index (χ2n) is 8.09. The molecule has 0 fully saturated rings. The van der Waals surface area contributed by atoms with Gasteiger partial charge in [0.25, 0.3) is 5.91 Å². The highest BCUT2D eigenvalue weighted by molar-refractivity contribution is 5.94. The number of amides is 1. The Morgan fingerprint density at radius 2 is 1.69 bits per heavy atom. The lowest BCUT2D eigenvalue weighted by molar-refractivity contribution is 0.0946. The van der Waals surface area contributed by atoms with Gasteiger partial charge in [0.1, 0.15) is 11.4 Å². The third-order valence-electron chi connectivity index (χ3n) is 5.70. The van der Waals surface area contributed by atoms with E-state index in [1.54, 1.807) is 26.0 Å². The SMILES string of the molecule is COc1cccc(-c2cc(C(=O)NCCc3ccc(OC)c(OC)c3)n(-c3cccc(C)c3)n2)c1. The standard InChI is InChI=1S/C28H29N3O4/c1-19-7-5-9-22(15-19)31-25(18-24(30-31)21-8-6-10-23(17-21)33-2)28(32)29-14-13-20-11-12-26(34-3)27(16-20)35-4/h5-12,15-18H,13-14H2,1-4H3,(H,29,32). The number of hydrogen-bond donors (Lipinski definition) is 1. The number of nitrogens with one attached hydrogen (secondary N) is 1. The Bertz CT molecular complexity index is 1330. The molecule has 1 amide bonds. The van der Waals surface area contributed by atoms with Crippen LogP contribution >= 0.6 is 0 Å². The van der Waals surface area contributed by atoms with Gasteiger partial charge in [-0.25, -0.2) is 4.68 Å². The fraction of sp³-hybridized carbons (Fsp3) is 0.214. The fourth-order valence-electron chi connectivity index (χ4n) is 3.87. The van der Waals surface area contributed by atoms with Crippen LogP contribution in [0, 0.1) is 6.92 Å². The van der Waals surface area contributed by atoms with Gasteiger partial charge in [0.05, 0.1) is 32.7 Å². The molecule has 4 rings (SSSR count). The van der Waals surface area contributed by atoms with Crippen molar-refractivity contribution in [1.82, 2.24) is 15.1 Å². The number of ether oxygens (including phenoxy) is 3. The molecule has 35 heavy (non-hydrogen) atoms. The first kappa shape index (κ1) is 23.9. The monoisotopic (exact) mass is 471 g/mol. The molecule has 0 bridgehead atoms. The second-order valence-corrected chi connectivity index (χ2v) is 8.09. The zero-order valence-corrected chi connectivity index (χ0v) is 20.4. The Labute approximate surface area is 205 Å². The predicted octanol–water partition coefficient (Wildman–Crippen LogP) is 4.85. The summed E-state index contributed by atoms with van der Waals surface area (Å²) >= 11 is 0. The van der Waals surface area contributed by atoms with E-state index in [2.05, 4.69) is 5.32 Å². The van der Waals surface area contributed by atoms with Crippen LogP contribution in [0.2, 0.25) is 0 Å². The van der Waals surface area contributed by atoms with Crippen LogP contribution in [0.25, 0.3) is 16.9 Å². The first-order valence-corrected chi connectivity index (χ1v) is 11.3. The lowest BCUT2D eigenvalue weighted by atomic mass is 10.1. The molecule has 180 valence electrons. The lowest BCUT2D eigenvalue weighted by Crippen LogP contribution is -2.27.